The molecular formula is C19H17F2NO5. The Kier molecular flexibility index (Phi) is 6.99. The lowest BCUT2D eigenvalue weighted by molar-refractivity contribution is -0.151. The molecule has 2 aromatic carbocycles. The lowest BCUT2D eigenvalue weighted by Crippen LogP contribution is -2.43. The Morgan fingerprint density at radius 3 is 2.41 bits per heavy atom. The molecule has 0 bridgehead atoms. The number of halogens is 2. The largest absolute Gasteiger partial charge is 0.480 e. The third-order valence-electron chi connectivity index (χ3n) is 3.61. The van der Waals surface area contributed by atoms with Crippen LogP contribution in [0, 0.1) is 11.6 Å². The van der Waals surface area contributed by atoms with Gasteiger partial charge in [-0.15, -0.1) is 0 Å². The van der Waals surface area contributed by atoms with Crippen LogP contribution in [0.15, 0.2) is 48.5 Å². The van der Waals surface area contributed by atoms with Crippen molar-refractivity contribution in [2.24, 2.45) is 0 Å². The van der Waals surface area contributed by atoms with Crippen molar-refractivity contribution in [2.75, 3.05) is 0 Å². The van der Waals surface area contributed by atoms with E-state index in [1.165, 1.54) is 0 Å². The number of nitrogens with one attached hydrogen (secondary N) is 1. The number of amides is 1. The van der Waals surface area contributed by atoms with Crippen molar-refractivity contribution in [2.45, 2.75) is 25.5 Å². The maximum atomic E-state index is 13.6. The van der Waals surface area contributed by atoms with Crippen molar-refractivity contribution in [3.63, 3.8) is 0 Å². The SMILES string of the molecule is O=C(Cc1ccc(F)cc1F)N[C@@H](CC(=O)OCc1ccccc1)C(=O)O. The third kappa shape index (κ3) is 6.50. The highest BCUT2D eigenvalue weighted by Gasteiger charge is 2.24. The first kappa shape index (κ1) is 20.0. The average molecular weight is 377 g/mol. The summed E-state index contributed by atoms with van der Waals surface area (Å²) in [6.07, 6.45) is -1.07. The molecule has 0 fully saturated rings. The summed E-state index contributed by atoms with van der Waals surface area (Å²) in [7, 11) is 0. The first-order valence-corrected chi connectivity index (χ1v) is 8.01. The summed E-state index contributed by atoms with van der Waals surface area (Å²) in [4.78, 5) is 35.0. The van der Waals surface area contributed by atoms with Gasteiger partial charge in [0, 0.05) is 6.07 Å². The lowest BCUT2D eigenvalue weighted by atomic mass is 10.1. The minimum atomic E-state index is -1.52. The van der Waals surface area contributed by atoms with Gasteiger partial charge >= 0.3 is 11.9 Å². The van der Waals surface area contributed by atoms with Crippen molar-refractivity contribution in [3.05, 3.63) is 71.3 Å². The summed E-state index contributed by atoms with van der Waals surface area (Å²) in [6, 6.07) is 9.97. The molecule has 0 aliphatic carbocycles. The molecule has 0 saturated heterocycles. The molecule has 0 aliphatic rings. The van der Waals surface area contributed by atoms with Gasteiger partial charge in [-0.25, -0.2) is 13.6 Å². The average Bonchev–Trinajstić information content (AvgIpc) is 2.62. The predicted molar refractivity (Wildman–Crippen MR) is 90.5 cm³/mol. The number of ether oxygens (including phenoxy) is 1. The van der Waals surface area contributed by atoms with Crippen LogP contribution >= 0.6 is 0 Å². The highest BCUT2D eigenvalue weighted by atomic mass is 19.1. The highest BCUT2D eigenvalue weighted by Crippen LogP contribution is 2.10. The van der Waals surface area contributed by atoms with Crippen molar-refractivity contribution in [1.29, 1.82) is 0 Å². The van der Waals surface area contributed by atoms with E-state index >= 15 is 0 Å². The van der Waals surface area contributed by atoms with Gasteiger partial charge in [0.25, 0.3) is 0 Å². The van der Waals surface area contributed by atoms with Crippen molar-refractivity contribution in [3.8, 4) is 0 Å². The zero-order valence-electron chi connectivity index (χ0n) is 14.2. The number of carbonyl (C=O) groups excluding carboxylic acids is 2. The van der Waals surface area contributed by atoms with Crippen molar-refractivity contribution < 1.29 is 33.0 Å². The number of carboxylic acids is 1. The van der Waals surface area contributed by atoms with Crippen LogP contribution < -0.4 is 5.32 Å². The van der Waals surface area contributed by atoms with E-state index in [0.29, 0.717) is 6.07 Å². The molecule has 6 nitrogen and oxygen atoms in total. The molecular weight excluding hydrogens is 360 g/mol. The first-order chi connectivity index (χ1) is 12.8. The summed E-state index contributed by atoms with van der Waals surface area (Å²) < 4.78 is 31.4. The molecule has 8 heteroatoms. The van der Waals surface area contributed by atoms with Crippen LogP contribution in [-0.2, 0) is 32.1 Å². The Bertz CT molecular complexity index is 826. The van der Waals surface area contributed by atoms with Crippen molar-refractivity contribution >= 4 is 17.8 Å². The molecule has 142 valence electrons. The molecule has 2 N–H and O–H groups in total. The van der Waals surface area contributed by atoms with Crippen molar-refractivity contribution in [1.82, 2.24) is 5.32 Å². The maximum absolute atomic E-state index is 13.6. The van der Waals surface area contributed by atoms with E-state index in [-0.39, 0.29) is 12.2 Å². The van der Waals surface area contributed by atoms with Gasteiger partial charge in [0.15, 0.2) is 0 Å². The fourth-order valence-corrected chi connectivity index (χ4v) is 2.25. The van der Waals surface area contributed by atoms with Crippen LogP contribution in [0.5, 0.6) is 0 Å². The second kappa shape index (κ2) is 9.42. The summed E-state index contributed by atoms with van der Waals surface area (Å²) in [5, 5.41) is 11.3. The quantitative estimate of drug-likeness (QED) is 0.688. The van der Waals surface area contributed by atoms with E-state index in [9.17, 15) is 23.2 Å². The molecule has 0 spiro atoms. The van der Waals surface area contributed by atoms with E-state index in [0.717, 1.165) is 17.7 Å². The number of hydrogen-bond donors (Lipinski definition) is 2. The number of carboxylic acid groups (broad SMARTS) is 1. The van der Waals surface area contributed by atoms with Gasteiger partial charge in [0.05, 0.1) is 12.8 Å². The van der Waals surface area contributed by atoms with E-state index in [4.69, 9.17) is 9.84 Å². The fraction of sp³-hybridized carbons (Fsp3) is 0.211. The number of esters is 1. The number of aliphatic carboxylic acids is 1. The molecule has 27 heavy (non-hydrogen) atoms. The van der Waals surface area contributed by atoms with Gasteiger partial charge in [0.1, 0.15) is 24.3 Å². The molecule has 0 saturated carbocycles. The summed E-state index contributed by atoms with van der Waals surface area (Å²) in [6.45, 7) is -0.0270. The van der Waals surface area contributed by atoms with Crippen LogP contribution in [0.25, 0.3) is 0 Å². The van der Waals surface area contributed by atoms with Gasteiger partial charge in [-0.2, -0.15) is 0 Å². The zero-order valence-corrected chi connectivity index (χ0v) is 14.2. The normalized spacial score (nSPS) is 11.5. The summed E-state index contributed by atoms with van der Waals surface area (Å²) >= 11 is 0. The lowest BCUT2D eigenvalue weighted by Gasteiger charge is -2.14. The molecule has 0 heterocycles. The second-order valence-electron chi connectivity index (χ2n) is 5.72. The maximum Gasteiger partial charge on any atom is 0.326 e. The molecule has 0 radical (unpaired) electrons. The van der Waals surface area contributed by atoms with E-state index in [1.54, 1.807) is 30.3 Å². The van der Waals surface area contributed by atoms with Crippen LogP contribution in [0.2, 0.25) is 0 Å². The Balaban J connectivity index is 1.89. The van der Waals surface area contributed by atoms with Gasteiger partial charge < -0.3 is 15.2 Å². The van der Waals surface area contributed by atoms with E-state index in [2.05, 4.69) is 5.32 Å². The zero-order chi connectivity index (χ0) is 19.8. The summed E-state index contributed by atoms with van der Waals surface area (Å²) in [5.74, 6) is -4.76. The fourth-order valence-electron chi connectivity index (χ4n) is 2.25. The smallest absolute Gasteiger partial charge is 0.326 e. The highest BCUT2D eigenvalue weighted by molar-refractivity contribution is 5.88. The topological polar surface area (TPSA) is 92.7 Å². The molecule has 2 rings (SSSR count). The van der Waals surface area contributed by atoms with E-state index in [1.807, 2.05) is 0 Å². The second-order valence-corrected chi connectivity index (χ2v) is 5.72. The number of rotatable bonds is 8. The molecule has 2 aromatic rings. The standard InChI is InChI=1S/C19H17F2NO5/c20-14-7-6-13(15(21)9-14)8-17(23)22-16(19(25)26)10-18(24)27-11-12-4-2-1-3-5-12/h1-7,9,16H,8,10-11H2,(H,22,23)(H,25,26)/t16-/m0/s1. The number of hydrogen-bond acceptors (Lipinski definition) is 4. The Labute approximate surface area is 153 Å². The van der Waals surface area contributed by atoms with Gasteiger partial charge in [-0.3, -0.25) is 9.59 Å². The van der Waals surface area contributed by atoms with Gasteiger partial charge in [-0.05, 0) is 17.2 Å². The Morgan fingerprint density at radius 2 is 1.78 bits per heavy atom. The minimum absolute atomic E-state index is 0.0270. The molecule has 1 amide bonds. The number of benzene rings is 2. The predicted octanol–water partition coefficient (Wildman–Crippen LogP) is 2.21. The first-order valence-electron chi connectivity index (χ1n) is 8.01. The van der Waals surface area contributed by atoms with Gasteiger partial charge in [-0.1, -0.05) is 36.4 Å². The third-order valence-corrected chi connectivity index (χ3v) is 3.61. The van der Waals surface area contributed by atoms with Crippen LogP contribution in [0.3, 0.4) is 0 Å². The molecule has 0 aromatic heterocycles. The minimum Gasteiger partial charge on any atom is -0.480 e. The molecule has 0 unspecified atom stereocenters. The van der Waals surface area contributed by atoms with Gasteiger partial charge in [0.2, 0.25) is 5.91 Å². The molecule has 1 atom stereocenters. The monoisotopic (exact) mass is 377 g/mol. The van der Waals surface area contributed by atoms with Crippen LogP contribution in [0.4, 0.5) is 8.78 Å². The molecule has 0 aliphatic heterocycles. The summed E-state index contributed by atoms with van der Waals surface area (Å²) in [5.41, 5.74) is 0.637. The van der Waals surface area contributed by atoms with E-state index < -0.39 is 48.4 Å². The number of carbonyl (C=O) groups is 3. The Hall–Kier alpha value is -3.29. The van der Waals surface area contributed by atoms with Crippen LogP contribution in [-0.4, -0.2) is 29.0 Å². The van der Waals surface area contributed by atoms with Crippen LogP contribution in [0.1, 0.15) is 17.5 Å². The Morgan fingerprint density at radius 1 is 1.07 bits per heavy atom.